The van der Waals surface area contributed by atoms with Crippen LogP contribution in [0.5, 0.6) is 0 Å². The van der Waals surface area contributed by atoms with E-state index < -0.39 is 42.3 Å². The van der Waals surface area contributed by atoms with Crippen molar-refractivity contribution < 1.29 is 33.8 Å². The average Bonchev–Trinajstić information content (AvgIpc) is 2.69. The number of carbonyl (C=O) groups excluding carboxylic acids is 3. The lowest BCUT2D eigenvalue weighted by atomic mass is 10.1. The number of nitrogens with zero attached hydrogens (tertiary/aromatic N) is 1. The van der Waals surface area contributed by atoms with Gasteiger partial charge in [-0.05, 0) is 52.1 Å². The molecule has 0 aliphatic rings. The predicted octanol–water partition coefficient (Wildman–Crippen LogP) is 2.26. The molecule has 0 saturated carbocycles. The Morgan fingerprint density at radius 3 is 2.32 bits per heavy atom. The van der Waals surface area contributed by atoms with Crippen LogP contribution >= 0.6 is 0 Å². The minimum Gasteiger partial charge on any atom is -0.480 e. The van der Waals surface area contributed by atoms with Crippen LogP contribution in [0.25, 0.3) is 0 Å². The molecule has 1 atom stereocenters. The summed E-state index contributed by atoms with van der Waals surface area (Å²) in [6.45, 7) is 4.53. The number of amides is 3. The SMILES string of the molecule is CC(C)(C)OC(=O)NCC(=O)N(C(=O)OCc1ccccc1)[C@@H](CCCCN)C(=O)O. The summed E-state index contributed by atoms with van der Waals surface area (Å²) < 4.78 is 10.2. The molecule has 0 heterocycles. The van der Waals surface area contributed by atoms with Gasteiger partial charge in [-0.1, -0.05) is 30.3 Å². The summed E-state index contributed by atoms with van der Waals surface area (Å²) in [5.41, 5.74) is 5.34. The fourth-order valence-electron chi connectivity index (χ4n) is 2.58. The third-order valence-corrected chi connectivity index (χ3v) is 3.98. The summed E-state index contributed by atoms with van der Waals surface area (Å²) in [4.78, 5) is 49.5. The highest BCUT2D eigenvalue weighted by Gasteiger charge is 2.36. The maximum absolute atomic E-state index is 12.7. The predicted molar refractivity (Wildman–Crippen MR) is 112 cm³/mol. The van der Waals surface area contributed by atoms with Crippen molar-refractivity contribution in [1.82, 2.24) is 10.2 Å². The number of carboxylic acid groups (broad SMARTS) is 1. The second-order valence-corrected chi connectivity index (χ2v) is 7.80. The van der Waals surface area contributed by atoms with Gasteiger partial charge in [0.2, 0.25) is 0 Å². The maximum Gasteiger partial charge on any atom is 0.417 e. The van der Waals surface area contributed by atoms with Gasteiger partial charge in [0.05, 0.1) is 0 Å². The van der Waals surface area contributed by atoms with Crippen LogP contribution in [0, 0.1) is 0 Å². The highest BCUT2D eigenvalue weighted by atomic mass is 16.6. The van der Waals surface area contributed by atoms with Crippen LogP contribution in [0.15, 0.2) is 30.3 Å². The molecule has 3 amide bonds. The summed E-state index contributed by atoms with van der Waals surface area (Å²) >= 11 is 0. The van der Waals surface area contributed by atoms with E-state index in [1.165, 1.54) is 0 Å². The van der Waals surface area contributed by atoms with Crippen LogP contribution in [0.1, 0.15) is 45.6 Å². The zero-order valence-electron chi connectivity index (χ0n) is 18.1. The molecule has 4 N–H and O–H groups in total. The van der Waals surface area contributed by atoms with E-state index in [2.05, 4.69) is 5.32 Å². The number of hydrogen-bond acceptors (Lipinski definition) is 7. The largest absolute Gasteiger partial charge is 0.480 e. The molecule has 1 aromatic rings. The van der Waals surface area contributed by atoms with Crippen LogP contribution in [0.3, 0.4) is 0 Å². The molecule has 0 saturated heterocycles. The second-order valence-electron chi connectivity index (χ2n) is 7.80. The van der Waals surface area contributed by atoms with Crippen LogP contribution < -0.4 is 11.1 Å². The number of nitrogens with one attached hydrogen (secondary N) is 1. The monoisotopic (exact) mass is 437 g/mol. The Morgan fingerprint density at radius 2 is 1.77 bits per heavy atom. The van der Waals surface area contributed by atoms with E-state index in [4.69, 9.17) is 15.2 Å². The summed E-state index contributed by atoms with van der Waals surface area (Å²) in [7, 11) is 0. The summed E-state index contributed by atoms with van der Waals surface area (Å²) in [6, 6.07) is 7.29. The van der Waals surface area contributed by atoms with Gasteiger partial charge >= 0.3 is 18.2 Å². The number of carbonyl (C=O) groups is 4. The lowest BCUT2D eigenvalue weighted by Crippen LogP contribution is -2.52. The van der Waals surface area contributed by atoms with Gasteiger partial charge in [-0.3, -0.25) is 4.79 Å². The molecule has 10 heteroatoms. The second kappa shape index (κ2) is 12.5. The van der Waals surface area contributed by atoms with Crippen LogP contribution in [-0.4, -0.2) is 58.8 Å². The molecule has 1 rings (SSSR count). The zero-order valence-corrected chi connectivity index (χ0v) is 18.1. The molecule has 0 spiro atoms. The number of benzene rings is 1. The van der Waals surface area contributed by atoms with E-state index in [0.717, 1.165) is 0 Å². The van der Waals surface area contributed by atoms with Crippen molar-refractivity contribution in [3.8, 4) is 0 Å². The Hall–Kier alpha value is -3.14. The smallest absolute Gasteiger partial charge is 0.417 e. The molecule has 0 aliphatic carbocycles. The molecular formula is C21H31N3O7. The van der Waals surface area contributed by atoms with E-state index in [1.807, 2.05) is 0 Å². The van der Waals surface area contributed by atoms with Gasteiger partial charge in [0.15, 0.2) is 0 Å². The van der Waals surface area contributed by atoms with Gasteiger partial charge in [0.25, 0.3) is 5.91 Å². The first kappa shape index (κ1) is 25.9. The van der Waals surface area contributed by atoms with Crippen molar-refractivity contribution in [1.29, 1.82) is 0 Å². The molecule has 172 valence electrons. The Labute approximate surface area is 181 Å². The molecule has 31 heavy (non-hydrogen) atoms. The van der Waals surface area contributed by atoms with E-state index in [1.54, 1.807) is 51.1 Å². The van der Waals surface area contributed by atoms with E-state index in [0.29, 0.717) is 29.8 Å². The number of alkyl carbamates (subject to hydrolysis) is 1. The average molecular weight is 437 g/mol. The number of ether oxygens (including phenoxy) is 2. The van der Waals surface area contributed by atoms with Crippen molar-refractivity contribution in [2.45, 2.75) is 58.3 Å². The Bertz CT molecular complexity index is 747. The minimum absolute atomic E-state index is 0.00511. The number of aliphatic carboxylic acids is 1. The topological polar surface area (TPSA) is 148 Å². The number of nitrogens with two attached hydrogens (primary N) is 1. The lowest BCUT2D eigenvalue weighted by molar-refractivity contribution is -0.148. The van der Waals surface area contributed by atoms with E-state index in [9.17, 15) is 24.3 Å². The van der Waals surface area contributed by atoms with Gasteiger partial charge in [0.1, 0.15) is 24.8 Å². The first-order valence-electron chi connectivity index (χ1n) is 9.97. The van der Waals surface area contributed by atoms with Crippen LogP contribution in [0.2, 0.25) is 0 Å². The van der Waals surface area contributed by atoms with Crippen molar-refractivity contribution >= 4 is 24.1 Å². The third-order valence-electron chi connectivity index (χ3n) is 3.98. The molecule has 0 unspecified atom stereocenters. The van der Waals surface area contributed by atoms with Gasteiger partial charge in [-0.25, -0.2) is 19.3 Å². The first-order chi connectivity index (χ1) is 14.5. The van der Waals surface area contributed by atoms with Gasteiger partial charge in [0, 0.05) is 0 Å². The van der Waals surface area contributed by atoms with Crippen LogP contribution in [-0.2, 0) is 25.7 Å². The van der Waals surface area contributed by atoms with Crippen molar-refractivity contribution in [2.24, 2.45) is 5.73 Å². The fraction of sp³-hybridized carbons (Fsp3) is 0.524. The van der Waals surface area contributed by atoms with Crippen molar-refractivity contribution in [2.75, 3.05) is 13.1 Å². The summed E-state index contributed by atoms with van der Waals surface area (Å²) in [6.07, 6.45) is -1.05. The molecule has 0 aliphatic heterocycles. The minimum atomic E-state index is -1.46. The molecule has 0 radical (unpaired) electrons. The number of hydrogen-bond donors (Lipinski definition) is 3. The highest BCUT2D eigenvalue weighted by Crippen LogP contribution is 2.14. The highest BCUT2D eigenvalue weighted by molar-refractivity contribution is 5.98. The Kier molecular flexibility index (Phi) is 10.5. The maximum atomic E-state index is 12.7. The summed E-state index contributed by atoms with van der Waals surface area (Å²) in [5, 5.41) is 11.8. The molecular weight excluding hydrogens is 406 g/mol. The standard InChI is InChI=1S/C21H31N3O7/c1-21(2,3)31-19(28)23-13-17(25)24(16(18(26)27)11-7-8-12-22)20(29)30-14-15-9-5-4-6-10-15/h4-6,9-10,16H,7-8,11-14,22H2,1-3H3,(H,23,28)(H,26,27)/t16-/m0/s1. The molecule has 0 aromatic heterocycles. The van der Waals surface area contributed by atoms with E-state index >= 15 is 0 Å². The first-order valence-corrected chi connectivity index (χ1v) is 9.97. The third kappa shape index (κ3) is 9.94. The van der Waals surface area contributed by atoms with Gasteiger partial charge in [-0.2, -0.15) is 0 Å². The molecule has 0 fully saturated rings. The fourth-order valence-corrected chi connectivity index (χ4v) is 2.58. The normalized spacial score (nSPS) is 11.9. The summed E-state index contributed by atoms with van der Waals surface area (Å²) in [5.74, 6) is -2.29. The zero-order chi connectivity index (χ0) is 23.4. The van der Waals surface area contributed by atoms with Crippen molar-refractivity contribution in [3.63, 3.8) is 0 Å². The lowest BCUT2D eigenvalue weighted by Gasteiger charge is -2.27. The van der Waals surface area contributed by atoms with E-state index in [-0.39, 0.29) is 13.0 Å². The molecule has 0 bridgehead atoms. The molecule has 1 aromatic carbocycles. The molecule has 10 nitrogen and oxygen atoms in total. The van der Waals surface area contributed by atoms with Gasteiger partial charge < -0.3 is 25.6 Å². The quantitative estimate of drug-likeness (QED) is 0.472. The van der Waals surface area contributed by atoms with Gasteiger partial charge in [-0.15, -0.1) is 0 Å². The number of unbranched alkanes of at least 4 members (excludes halogenated alkanes) is 1. The van der Waals surface area contributed by atoms with Crippen molar-refractivity contribution in [3.05, 3.63) is 35.9 Å². The number of carboxylic acids is 1. The Balaban J connectivity index is 2.93. The van der Waals surface area contributed by atoms with Crippen LogP contribution in [0.4, 0.5) is 9.59 Å². The Morgan fingerprint density at radius 1 is 1.13 bits per heavy atom. The number of rotatable bonds is 10. The number of imide groups is 1.